The molecule has 1 aliphatic rings. The monoisotopic (exact) mass is 1370 g/mol. The molecular weight excluding hydrogens is 1280 g/mol. The highest BCUT2D eigenvalue weighted by molar-refractivity contribution is 6.32. The Balaban J connectivity index is -0.0000000536. The molecule has 4 atom stereocenters. The Hall–Kier alpha value is -10.1. The Morgan fingerprint density at radius 3 is 0.652 bits per heavy atom. The van der Waals surface area contributed by atoms with Crippen molar-refractivity contribution in [3.05, 3.63) is 0 Å². The average Bonchev–Trinajstić information content (AvgIpc) is 3.97. The second kappa shape index (κ2) is 87.3. The minimum atomic E-state index is -1.38. The van der Waals surface area contributed by atoms with Crippen LogP contribution >= 0.6 is 0 Å². The Bertz CT molecular complexity index is 1860. The largest absolute Gasteiger partial charge is 0.481 e. The van der Waals surface area contributed by atoms with Gasteiger partial charge in [-0.05, 0) is 38.6 Å². The second-order valence-electron chi connectivity index (χ2n) is 14.7. The summed E-state index contributed by atoms with van der Waals surface area (Å²) >= 11 is 0. The first-order valence-corrected chi connectivity index (χ1v) is 23.9. The van der Waals surface area contributed by atoms with Crippen LogP contribution in [0.5, 0.6) is 0 Å². The number of carboxylic acid groups (broad SMARTS) is 16. The number of carbonyl (C=O) groups is 20. The van der Waals surface area contributed by atoms with Gasteiger partial charge in [-0.2, -0.15) is 0 Å². The molecule has 0 bridgehead atoms. The van der Waals surface area contributed by atoms with Crippen LogP contribution in [0.3, 0.4) is 0 Å². The number of aliphatic hydroxyl groups excluding tert-OH is 7. The lowest BCUT2D eigenvalue weighted by Crippen LogP contribution is -2.29. The maximum atomic E-state index is 10.1. The molecule has 0 aromatic rings. The van der Waals surface area contributed by atoms with Crippen LogP contribution in [0.15, 0.2) is 0 Å². The maximum Gasteiger partial charge on any atom is 0.371 e. The van der Waals surface area contributed by atoms with E-state index in [4.69, 9.17) is 117 Å². The van der Waals surface area contributed by atoms with E-state index in [0.717, 1.165) is 75.5 Å². The molecule has 24 N–H and O–H groups in total. The second-order valence-corrected chi connectivity index (χ2v) is 14.7. The van der Waals surface area contributed by atoms with E-state index in [9.17, 15) is 95.9 Å². The van der Waals surface area contributed by atoms with Gasteiger partial charge in [-0.3, -0.25) is 67.1 Å². The number of aliphatic hydroxyl groups is 7. The van der Waals surface area contributed by atoms with E-state index < -0.39 is 156 Å². The van der Waals surface area contributed by atoms with Crippen molar-refractivity contribution in [3.63, 3.8) is 0 Å². The molecule has 1 fully saturated rings. The number of Topliss-reactive ketones (excluding diaryl/α,β-unsaturated/α-hetero) is 4. The molecule has 1 heterocycles. The van der Waals surface area contributed by atoms with Gasteiger partial charge in [0.2, 0.25) is 23.1 Å². The molecule has 44 heteroatoms. The third kappa shape index (κ3) is 178. The summed E-state index contributed by atoms with van der Waals surface area (Å²) in [6.07, 6.45) is -3.45. The summed E-state index contributed by atoms with van der Waals surface area (Å²) in [5, 5.41) is 181. The molecule has 0 aromatic carbocycles. The summed E-state index contributed by atoms with van der Waals surface area (Å²) in [6.45, 7) is 11.4. The van der Waals surface area contributed by atoms with Gasteiger partial charge in [0.05, 0.1) is 25.4 Å². The predicted molar refractivity (Wildman–Crippen MR) is 300 cm³/mol. The minimum absolute atomic E-state index is 0.167. The molecular formula is C48H87NO43. The smallest absolute Gasteiger partial charge is 0.371 e. The quantitative estimate of drug-likeness (QED) is 0.0381. The molecule has 0 aromatic heterocycles. The summed E-state index contributed by atoms with van der Waals surface area (Å²) in [5.74, 6) is -23.0. The zero-order valence-corrected chi connectivity index (χ0v) is 51.6. The molecule has 0 aliphatic carbocycles. The summed E-state index contributed by atoms with van der Waals surface area (Å²) in [7, 11) is 4.00. The van der Waals surface area contributed by atoms with Crippen molar-refractivity contribution >= 4 is 119 Å². The van der Waals surface area contributed by atoms with Crippen molar-refractivity contribution in [3.8, 4) is 0 Å². The van der Waals surface area contributed by atoms with Gasteiger partial charge in [-0.1, -0.05) is 27.2 Å². The van der Waals surface area contributed by atoms with Crippen LogP contribution < -0.4 is 5.32 Å². The SMILES string of the molecule is CC(=O)C(=O)O.CC(=O)C(=O)O.CC(=O)C(=O)O.CC(=O)C(=O)O.CC(C)C(O)C(=O)O.CC(O)CC(=O)O.CCCC(O)C(=O)O.CO.CO.CO.CO.O=C(O)CC(=O)O.O=C(O)CC(=O)O.O=C(O)CC(=O)O.O=C(O)CCC(=O)O.O=C(O)[C@@H]1CCCN1. The van der Waals surface area contributed by atoms with Crippen LogP contribution in [0.25, 0.3) is 0 Å². The number of carbonyl (C=O) groups excluding carboxylic acids is 4. The van der Waals surface area contributed by atoms with Crippen LogP contribution in [-0.2, 0) is 95.9 Å². The van der Waals surface area contributed by atoms with Crippen LogP contribution in [0.2, 0.25) is 0 Å². The van der Waals surface area contributed by atoms with E-state index >= 15 is 0 Å². The number of rotatable bonds is 21. The van der Waals surface area contributed by atoms with Crippen molar-refractivity contribution in [2.24, 2.45) is 5.92 Å². The first-order chi connectivity index (χ1) is 41.7. The van der Waals surface area contributed by atoms with Gasteiger partial charge in [-0.15, -0.1) is 0 Å². The molecule has 1 rings (SSSR count). The van der Waals surface area contributed by atoms with E-state index in [1.165, 1.54) is 6.92 Å². The zero-order valence-electron chi connectivity index (χ0n) is 51.6. The van der Waals surface area contributed by atoms with Gasteiger partial charge >= 0.3 is 95.5 Å². The van der Waals surface area contributed by atoms with E-state index in [0.29, 0.717) is 12.8 Å². The molecule has 3 unspecified atom stereocenters. The number of hydrogen-bond acceptors (Lipinski definition) is 28. The third-order valence-corrected chi connectivity index (χ3v) is 6.22. The van der Waals surface area contributed by atoms with Crippen LogP contribution in [-0.4, -0.2) is 295 Å². The topological polar surface area (TPSA) is 819 Å². The fourth-order valence-corrected chi connectivity index (χ4v) is 2.43. The maximum absolute atomic E-state index is 10.1. The number of ketones is 4. The number of carboxylic acids is 16. The average molecular weight is 1370 g/mol. The number of aliphatic carboxylic acids is 16. The first kappa shape index (κ1) is 120. The van der Waals surface area contributed by atoms with Crippen molar-refractivity contribution < 1.29 is 213 Å². The van der Waals surface area contributed by atoms with Crippen molar-refractivity contribution in [1.29, 1.82) is 0 Å². The summed E-state index contributed by atoms with van der Waals surface area (Å²) in [4.78, 5) is 191. The number of hydrogen-bond donors (Lipinski definition) is 24. The van der Waals surface area contributed by atoms with Crippen molar-refractivity contribution in [1.82, 2.24) is 5.32 Å². The van der Waals surface area contributed by atoms with Crippen molar-refractivity contribution in [2.45, 2.75) is 144 Å². The summed E-state index contributed by atoms with van der Waals surface area (Å²) < 4.78 is 0. The van der Waals surface area contributed by atoms with Gasteiger partial charge in [0.1, 0.15) is 25.3 Å². The normalized spacial score (nSPS) is 10.6. The fourth-order valence-electron chi connectivity index (χ4n) is 2.43. The Kier molecular flexibility index (Phi) is 114. The Morgan fingerprint density at radius 2 is 0.609 bits per heavy atom. The zero-order chi connectivity index (χ0) is 77.9. The third-order valence-electron chi connectivity index (χ3n) is 6.22. The van der Waals surface area contributed by atoms with Gasteiger partial charge in [0.25, 0.3) is 0 Å². The Morgan fingerprint density at radius 1 is 0.380 bits per heavy atom. The molecule has 92 heavy (non-hydrogen) atoms. The lowest BCUT2D eigenvalue weighted by atomic mass is 10.1. The molecule has 44 nitrogen and oxygen atoms in total. The summed E-state index contributed by atoms with van der Waals surface area (Å²) in [6, 6.07) is -0.269. The van der Waals surface area contributed by atoms with Crippen LogP contribution in [0, 0.1) is 5.92 Å². The van der Waals surface area contributed by atoms with Gasteiger partial charge in [0, 0.05) is 56.1 Å². The first-order valence-electron chi connectivity index (χ1n) is 23.9. The Labute approximate surface area is 521 Å². The predicted octanol–water partition coefficient (Wildman–Crippen LogP) is -4.37. The highest BCUT2D eigenvalue weighted by Gasteiger charge is 2.20. The molecule has 1 saturated heterocycles. The number of nitrogens with one attached hydrogen (secondary N) is 1. The molecule has 542 valence electrons. The molecule has 0 saturated carbocycles. The van der Waals surface area contributed by atoms with E-state index in [1.807, 2.05) is 6.92 Å². The minimum Gasteiger partial charge on any atom is -0.481 e. The van der Waals surface area contributed by atoms with E-state index in [2.05, 4.69) is 5.32 Å². The molecule has 0 radical (unpaired) electrons. The van der Waals surface area contributed by atoms with Crippen LogP contribution in [0.4, 0.5) is 0 Å². The van der Waals surface area contributed by atoms with Gasteiger partial charge in [0.15, 0.2) is 12.2 Å². The van der Waals surface area contributed by atoms with Crippen molar-refractivity contribution in [2.75, 3.05) is 35.0 Å². The molecule has 0 amide bonds. The molecule has 1 aliphatic heterocycles. The van der Waals surface area contributed by atoms with E-state index in [-0.39, 0.29) is 31.2 Å². The highest BCUT2D eigenvalue weighted by atomic mass is 16.4. The summed E-state index contributed by atoms with van der Waals surface area (Å²) in [5.41, 5.74) is 0. The van der Waals surface area contributed by atoms with Gasteiger partial charge < -0.3 is 123 Å². The molecule has 0 spiro atoms. The lowest BCUT2D eigenvalue weighted by molar-refractivity contribution is -0.149. The highest BCUT2D eigenvalue weighted by Crippen LogP contribution is 2.03. The van der Waals surface area contributed by atoms with Gasteiger partial charge in [-0.25, -0.2) is 28.8 Å². The fraction of sp³-hybridized carbons (Fsp3) is 0.583. The standard InChI is InChI=1S/C5H9NO2.2C5H10O3.C4H6O4.C4H8O3.3C3H4O4.4C3H4O3.4CH4O/c7-5(8)4-2-1-3-6-4;1-3(2)4(6)5(7)8;1-2-3-4(6)5(7)8;5-3(6)1-2-4(7)8;1-3(5)2-4(6)7;3*4-2(5)1-3(6)7;4*1-2(4)3(5)6;4*1-2/h4,6H,1-3H2,(H,7,8);3-4,6H,1-2H3,(H,7,8);4,6H,2-3H2,1H3,(H,7,8);1-2H2,(H,5,6)(H,7,8);3,5H,2H2,1H3,(H,6,7);3*1H2,(H,4,5)(H,6,7);4*1H3,(H,5,6);4*2H,1H3/t4-;;;;;;;;;;;;;;;/m0.............../s1. The lowest BCUT2D eigenvalue weighted by Gasteiger charge is -2.06. The van der Waals surface area contributed by atoms with E-state index in [1.54, 1.807) is 13.8 Å². The van der Waals surface area contributed by atoms with Crippen LogP contribution in [0.1, 0.15) is 120 Å².